The lowest BCUT2D eigenvalue weighted by Crippen LogP contribution is -2.51. The van der Waals surface area contributed by atoms with Crippen molar-refractivity contribution in [1.29, 1.82) is 0 Å². The van der Waals surface area contributed by atoms with Crippen LogP contribution in [0.4, 0.5) is 0 Å². The van der Waals surface area contributed by atoms with E-state index in [0.29, 0.717) is 12.3 Å². The van der Waals surface area contributed by atoms with Gasteiger partial charge >= 0.3 is 0 Å². The van der Waals surface area contributed by atoms with E-state index < -0.39 is 5.41 Å². The molecule has 0 aliphatic carbocycles. The molecule has 0 bridgehead atoms. The van der Waals surface area contributed by atoms with Gasteiger partial charge in [0, 0.05) is 13.0 Å². The highest BCUT2D eigenvalue weighted by molar-refractivity contribution is 6.05. The lowest BCUT2D eigenvalue weighted by atomic mass is 9.91. The van der Waals surface area contributed by atoms with Gasteiger partial charge in [-0.05, 0) is 18.9 Å². The fraction of sp³-hybridized carbons (Fsp3) is 0.833. The Hall–Kier alpha value is -0.900. The van der Waals surface area contributed by atoms with Gasteiger partial charge in [0.05, 0.1) is 11.5 Å². The number of nitrogens with zero attached hydrogens (tertiary/aromatic N) is 1. The molecule has 2 rings (SSSR count). The third-order valence-electron chi connectivity index (χ3n) is 3.57. The Morgan fingerprint density at radius 2 is 2.00 bits per heavy atom. The minimum Gasteiger partial charge on any atom is -0.314 e. The largest absolute Gasteiger partial charge is 0.314 e. The first-order valence-electron chi connectivity index (χ1n) is 5.99. The second-order valence-corrected chi connectivity index (χ2v) is 5.78. The average Bonchev–Trinajstić information content (AvgIpc) is 2.36. The Kier molecular flexibility index (Phi) is 2.78. The molecule has 4 nitrogen and oxygen atoms in total. The number of carbonyl (C=O) groups is 2. The van der Waals surface area contributed by atoms with Crippen LogP contribution in [0.2, 0.25) is 0 Å². The zero-order valence-electron chi connectivity index (χ0n) is 10.2. The second kappa shape index (κ2) is 3.84. The maximum Gasteiger partial charge on any atom is 0.235 e. The molecule has 16 heavy (non-hydrogen) atoms. The Morgan fingerprint density at radius 3 is 2.50 bits per heavy atom. The van der Waals surface area contributed by atoms with E-state index in [1.807, 2.05) is 13.8 Å². The molecule has 0 saturated carbocycles. The summed E-state index contributed by atoms with van der Waals surface area (Å²) in [5.41, 5.74) is -0.502. The van der Waals surface area contributed by atoms with Crippen LogP contribution in [0, 0.1) is 11.3 Å². The minimum absolute atomic E-state index is 0.00148. The number of likely N-dealkylation sites (tertiary alicyclic amines) is 1. The zero-order chi connectivity index (χ0) is 11.9. The normalized spacial score (nSPS) is 34.6. The summed E-state index contributed by atoms with van der Waals surface area (Å²) >= 11 is 0. The van der Waals surface area contributed by atoms with E-state index in [-0.39, 0.29) is 17.9 Å². The molecule has 0 radical (unpaired) electrons. The Balaban J connectivity index is 2.15. The molecule has 1 N–H and O–H groups in total. The summed E-state index contributed by atoms with van der Waals surface area (Å²) in [5, 5.41) is 3.28. The van der Waals surface area contributed by atoms with E-state index >= 15 is 0 Å². The number of hydrogen-bond acceptors (Lipinski definition) is 3. The number of amides is 2. The fourth-order valence-electron chi connectivity index (χ4n) is 2.67. The van der Waals surface area contributed by atoms with E-state index in [1.165, 1.54) is 4.90 Å². The number of rotatable bonds is 1. The molecule has 2 heterocycles. The lowest BCUT2D eigenvalue weighted by Gasteiger charge is -2.34. The standard InChI is InChI=1S/C12H20N2O2/c1-8-4-9(7-13-6-8)14-10(15)5-12(2,3)11(14)16/h8-9,13H,4-7H2,1-3H3. The van der Waals surface area contributed by atoms with Gasteiger partial charge in [0.1, 0.15) is 0 Å². The van der Waals surface area contributed by atoms with Crippen LogP contribution in [-0.4, -0.2) is 35.8 Å². The third-order valence-corrected chi connectivity index (χ3v) is 3.57. The van der Waals surface area contributed by atoms with Crippen molar-refractivity contribution in [2.24, 2.45) is 11.3 Å². The maximum absolute atomic E-state index is 12.1. The quantitative estimate of drug-likeness (QED) is 0.669. The summed E-state index contributed by atoms with van der Waals surface area (Å²) in [4.78, 5) is 25.5. The van der Waals surface area contributed by atoms with Crippen molar-refractivity contribution < 1.29 is 9.59 Å². The predicted molar refractivity (Wildman–Crippen MR) is 60.7 cm³/mol. The SMILES string of the molecule is CC1CNCC(N2C(=O)CC(C)(C)C2=O)C1. The van der Waals surface area contributed by atoms with Crippen LogP contribution in [-0.2, 0) is 9.59 Å². The monoisotopic (exact) mass is 224 g/mol. The zero-order valence-corrected chi connectivity index (χ0v) is 10.2. The summed E-state index contributed by atoms with van der Waals surface area (Å²) < 4.78 is 0. The van der Waals surface area contributed by atoms with Gasteiger partial charge in [0.15, 0.2) is 0 Å². The third kappa shape index (κ3) is 1.86. The van der Waals surface area contributed by atoms with Crippen LogP contribution in [0.5, 0.6) is 0 Å². The molecule has 0 spiro atoms. The van der Waals surface area contributed by atoms with E-state index in [0.717, 1.165) is 19.5 Å². The Bertz CT molecular complexity index is 325. The second-order valence-electron chi connectivity index (χ2n) is 5.78. The Morgan fingerprint density at radius 1 is 1.31 bits per heavy atom. The average molecular weight is 224 g/mol. The van der Waals surface area contributed by atoms with Crippen LogP contribution in [0.15, 0.2) is 0 Å². The molecule has 0 aromatic rings. The van der Waals surface area contributed by atoms with Crippen molar-refractivity contribution in [2.45, 2.75) is 39.7 Å². The van der Waals surface area contributed by atoms with Crippen LogP contribution in [0.3, 0.4) is 0 Å². The van der Waals surface area contributed by atoms with Gasteiger partial charge in [0.2, 0.25) is 11.8 Å². The van der Waals surface area contributed by atoms with Gasteiger partial charge in [-0.25, -0.2) is 0 Å². The number of hydrogen-bond donors (Lipinski definition) is 1. The van der Waals surface area contributed by atoms with Gasteiger partial charge in [-0.2, -0.15) is 0 Å². The topological polar surface area (TPSA) is 49.4 Å². The van der Waals surface area contributed by atoms with E-state index in [9.17, 15) is 9.59 Å². The van der Waals surface area contributed by atoms with Gasteiger partial charge < -0.3 is 5.32 Å². The summed E-state index contributed by atoms with van der Waals surface area (Å²) in [7, 11) is 0. The van der Waals surface area contributed by atoms with Crippen LogP contribution in [0.1, 0.15) is 33.6 Å². The molecule has 2 aliphatic heterocycles. The first-order chi connectivity index (χ1) is 7.42. The van der Waals surface area contributed by atoms with Crippen molar-refractivity contribution in [3.63, 3.8) is 0 Å². The van der Waals surface area contributed by atoms with Gasteiger partial charge in [-0.15, -0.1) is 0 Å². The first-order valence-corrected chi connectivity index (χ1v) is 5.99. The first kappa shape index (κ1) is 11.6. The summed E-state index contributed by atoms with van der Waals surface area (Å²) in [5.74, 6) is 0.525. The van der Waals surface area contributed by atoms with E-state index in [2.05, 4.69) is 12.2 Å². The summed E-state index contributed by atoms with van der Waals surface area (Å²) in [6.45, 7) is 7.59. The molecule has 2 amide bonds. The smallest absolute Gasteiger partial charge is 0.235 e. The minimum atomic E-state index is -0.502. The number of imide groups is 1. The van der Waals surface area contributed by atoms with Crippen molar-refractivity contribution in [3.05, 3.63) is 0 Å². The van der Waals surface area contributed by atoms with Crippen LogP contribution < -0.4 is 5.32 Å². The van der Waals surface area contributed by atoms with Crippen LogP contribution >= 0.6 is 0 Å². The molecular weight excluding hydrogens is 204 g/mol. The highest BCUT2D eigenvalue weighted by atomic mass is 16.2. The van der Waals surface area contributed by atoms with Gasteiger partial charge in [-0.3, -0.25) is 14.5 Å². The summed E-state index contributed by atoms with van der Waals surface area (Å²) in [6.07, 6.45) is 1.29. The van der Waals surface area contributed by atoms with Crippen molar-refractivity contribution in [2.75, 3.05) is 13.1 Å². The molecule has 0 aromatic heterocycles. The van der Waals surface area contributed by atoms with Crippen molar-refractivity contribution in [3.8, 4) is 0 Å². The highest BCUT2D eigenvalue weighted by Gasteiger charge is 2.47. The Labute approximate surface area is 96.4 Å². The van der Waals surface area contributed by atoms with Crippen molar-refractivity contribution in [1.82, 2.24) is 10.2 Å². The van der Waals surface area contributed by atoms with Crippen molar-refractivity contribution >= 4 is 11.8 Å². The number of nitrogens with one attached hydrogen (secondary N) is 1. The molecule has 4 heteroatoms. The highest BCUT2D eigenvalue weighted by Crippen LogP contribution is 2.34. The molecular formula is C12H20N2O2. The number of carbonyl (C=O) groups excluding carboxylic acids is 2. The molecule has 0 aromatic carbocycles. The molecule has 2 atom stereocenters. The van der Waals surface area contributed by atoms with Gasteiger partial charge in [-0.1, -0.05) is 20.8 Å². The summed E-state index contributed by atoms with van der Waals surface area (Å²) in [6, 6.07) is 0.0607. The molecule has 2 unspecified atom stereocenters. The molecule has 2 fully saturated rings. The predicted octanol–water partition coefficient (Wildman–Crippen LogP) is 0.769. The van der Waals surface area contributed by atoms with E-state index in [4.69, 9.17) is 0 Å². The number of piperidine rings is 1. The molecule has 2 aliphatic rings. The molecule has 2 saturated heterocycles. The fourth-order valence-corrected chi connectivity index (χ4v) is 2.67. The maximum atomic E-state index is 12.1. The van der Waals surface area contributed by atoms with Crippen LogP contribution in [0.25, 0.3) is 0 Å². The lowest BCUT2D eigenvalue weighted by molar-refractivity contribution is -0.144. The van der Waals surface area contributed by atoms with E-state index in [1.54, 1.807) is 0 Å². The molecule has 90 valence electrons. The van der Waals surface area contributed by atoms with Gasteiger partial charge in [0.25, 0.3) is 0 Å².